The number of amides is 1. The van der Waals surface area contributed by atoms with Crippen molar-refractivity contribution >= 4 is 17.7 Å². The van der Waals surface area contributed by atoms with Crippen LogP contribution in [-0.2, 0) is 4.79 Å². The van der Waals surface area contributed by atoms with Crippen LogP contribution in [0.3, 0.4) is 0 Å². The van der Waals surface area contributed by atoms with Gasteiger partial charge < -0.3 is 10.6 Å². The highest BCUT2D eigenvalue weighted by Crippen LogP contribution is 2.19. The second-order valence-corrected chi connectivity index (χ2v) is 6.23. The molecule has 1 amide bonds. The third kappa shape index (κ3) is 3.88. The van der Waals surface area contributed by atoms with E-state index in [4.69, 9.17) is 5.73 Å². The largest absolute Gasteiger partial charge is 0.341 e. The topological polar surface area (TPSA) is 46.3 Å². The number of hydrogen-bond acceptors (Lipinski definition) is 3. The van der Waals surface area contributed by atoms with Crippen LogP contribution in [0.25, 0.3) is 0 Å². The molecule has 0 bridgehead atoms. The summed E-state index contributed by atoms with van der Waals surface area (Å²) in [6.45, 7) is 7.71. The van der Waals surface area contributed by atoms with Crippen LogP contribution in [0.15, 0.2) is 0 Å². The molecule has 1 saturated heterocycles. The van der Waals surface area contributed by atoms with E-state index >= 15 is 0 Å². The van der Waals surface area contributed by atoms with E-state index in [1.807, 2.05) is 30.5 Å². The fourth-order valence-corrected chi connectivity index (χ4v) is 2.56. The first-order chi connectivity index (χ1) is 6.38. The van der Waals surface area contributed by atoms with Crippen molar-refractivity contribution in [2.45, 2.75) is 38.0 Å². The molecule has 0 radical (unpaired) electrons. The SMILES string of the molecule is CC1CN(C(=O)CC(C)(C)N)CCS1. The van der Waals surface area contributed by atoms with Gasteiger partial charge in [-0.3, -0.25) is 4.79 Å². The van der Waals surface area contributed by atoms with Gasteiger partial charge in [-0.05, 0) is 13.8 Å². The number of thioether (sulfide) groups is 1. The summed E-state index contributed by atoms with van der Waals surface area (Å²) >= 11 is 1.93. The lowest BCUT2D eigenvalue weighted by Crippen LogP contribution is -2.45. The molecule has 2 N–H and O–H groups in total. The molecule has 3 nitrogen and oxygen atoms in total. The predicted octanol–water partition coefficient (Wildman–Crippen LogP) is 1.08. The van der Waals surface area contributed by atoms with Gasteiger partial charge in [0.15, 0.2) is 0 Å². The zero-order valence-corrected chi connectivity index (χ0v) is 10.1. The Balaban J connectivity index is 2.44. The van der Waals surface area contributed by atoms with Crippen molar-refractivity contribution in [3.05, 3.63) is 0 Å². The molecule has 0 spiro atoms. The van der Waals surface area contributed by atoms with Gasteiger partial charge in [-0.25, -0.2) is 0 Å². The molecule has 0 aromatic carbocycles. The highest BCUT2D eigenvalue weighted by molar-refractivity contribution is 7.99. The van der Waals surface area contributed by atoms with Crippen LogP contribution in [0, 0.1) is 0 Å². The number of nitrogens with two attached hydrogens (primary N) is 1. The summed E-state index contributed by atoms with van der Waals surface area (Å²) in [5.74, 6) is 1.25. The van der Waals surface area contributed by atoms with Crippen LogP contribution in [0.4, 0.5) is 0 Å². The van der Waals surface area contributed by atoms with E-state index in [2.05, 4.69) is 6.92 Å². The lowest BCUT2D eigenvalue weighted by atomic mass is 10.0. The molecule has 0 aromatic rings. The summed E-state index contributed by atoms with van der Waals surface area (Å²) in [6.07, 6.45) is 0.449. The molecular weight excluding hydrogens is 196 g/mol. The van der Waals surface area contributed by atoms with Crippen molar-refractivity contribution in [1.82, 2.24) is 4.90 Å². The van der Waals surface area contributed by atoms with Crippen molar-refractivity contribution in [3.63, 3.8) is 0 Å². The van der Waals surface area contributed by atoms with Crippen LogP contribution in [-0.4, -0.2) is 40.4 Å². The summed E-state index contributed by atoms with van der Waals surface area (Å²) in [4.78, 5) is 13.7. The van der Waals surface area contributed by atoms with Gasteiger partial charge in [0, 0.05) is 36.1 Å². The molecule has 1 heterocycles. The van der Waals surface area contributed by atoms with Crippen molar-refractivity contribution in [2.24, 2.45) is 5.73 Å². The molecule has 1 aliphatic heterocycles. The fraction of sp³-hybridized carbons (Fsp3) is 0.900. The Labute approximate surface area is 90.4 Å². The van der Waals surface area contributed by atoms with Gasteiger partial charge in [-0.2, -0.15) is 11.8 Å². The Kier molecular flexibility index (Phi) is 3.84. The van der Waals surface area contributed by atoms with E-state index in [-0.39, 0.29) is 11.4 Å². The Morgan fingerprint density at radius 2 is 2.29 bits per heavy atom. The number of carbonyl (C=O) groups is 1. The van der Waals surface area contributed by atoms with Gasteiger partial charge in [0.05, 0.1) is 0 Å². The van der Waals surface area contributed by atoms with E-state index in [1.165, 1.54) is 0 Å². The summed E-state index contributed by atoms with van der Waals surface area (Å²) < 4.78 is 0. The lowest BCUT2D eigenvalue weighted by molar-refractivity contribution is -0.132. The zero-order valence-electron chi connectivity index (χ0n) is 9.25. The highest BCUT2D eigenvalue weighted by Gasteiger charge is 2.25. The molecule has 0 aliphatic carbocycles. The zero-order chi connectivity index (χ0) is 10.8. The van der Waals surface area contributed by atoms with Crippen LogP contribution in [0.2, 0.25) is 0 Å². The molecule has 82 valence electrons. The summed E-state index contributed by atoms with van der Waals surface area (Å²) in [5, 5.41) is 0.564. The van der Waals surface area contributed by atoms with Gasteiger partial charge >= 0.3 is 0 Å². The Morgan fingerprint density at radius 1 is 1.64 bits per heavy atom. The average molecular weight is 216 g/mol. The van der Waals surface area contributed by atoms with Crippen LogP contribution >= 0.6 is 11.8 Å². The molecule has 1 unspecified atom stereocenters. The molecule has 14 heavy (non-hydrogen) atoms. The minimum atomic E-state index is -0.384. The van der Waals surface area contributed by atoms with Crippen molar-refractivity contribution < 1.29 is 4.79 Å². The lowest BCUT2D eigenvalue weighted by Gasteiger charge is -2.32. The maximum absolute atomic E-state index is 11.8. The summed E-state index contributed by atoms with van der Waals surface area (Å²) in [5.41, 5.74) is 5.44. The molecule has 1 rings (SSSR count). The van der Waals surface area contributed by atoms with E-state index in [0.29, 0.717) is 11.7 Å². The standard InChI is InChI=1S/C10H20N2OS/c1-8-7-12(4-5-14-8)9(13)6-10(2,3)11/h8H,4-7,11H2,1-3H3. The number of nitrogens with zero attached hydrogens (tertiary/aromatic N) is 1. The summed E-state index contributed by atoms with van der Waals surface area (Å²) in [7, 11) is 0. The average Bonchev–Trinajstić information content (AvgIpc) is 2.01. The Morgan fingerprint density at radius 3 is 2.79 bits per heavy atom. The van der Waals surface area contributed by atoms with Gasteiger partial charge in [0.25, 0.3) is 0 Å². The van der Waals surface area contributed by atoms with E-state index in [9.17, 15) is 4.79 Å². The van der Waals surface area contributed by atoms with E-state index in [0.717, 1.165) is 18.8 Å². The van der Waals surface area contributed by atoms with Crippen molar-refractivity contribution in [2.75, 3.05) is 18.8 Å². The third-order valence-electron chi connectivity index (χ3n) is 2.20. The van der Waals surface area contributed by atoms with E-state index < -0.39 is 0 Å². The smallest absolute Gasteiger partial charge is 0.224 e. The molecule has 0 saturated carbocycles. The normalized spacial score (nSPS) is 23.7. The molecule has 0 aromatic heterocycles. The minimum absolute atomic E-state index is 0.199. The van der Waals surface area contributed by atoms with Crippen LogP contribution in [0.5, 0.6) is 0 Å². The molecule has 1 fully saturated rings. The molecule has 4 heteroatoms. The van der Waals surface area contributed by atoms with Crippen molar-refractivity contribution in [3.8, 4) is 0 Å². The van der Waals surface area contributed by atoms with Gasteiger partial charge in [-0.15, -0.1) is 0 Å². The Hall–Kier alpha value is -0.220. The fourth-order valence-electron chi connectivity index (χ4n) is 1.55. The molecule has 1 atom stereocenters. The van der Waals surface area contributed by atoms with Gasteiger partial charge in [0.1, 0.15) is 0 Å². The second-order valence-electron chi connectivity index (χ2n) is 4.69. The van der Waals surface area contributed by atoms with Crippen LogP contribution in [0.1, 0.15) is 27.2 Å². The first kappa shape index (κ1) is 11.9. The number of carbonyl (C=O) groups excluding carboxylic acids is 1. The third-order valence-corrected chi connectivity index (χ3v) is 3.34. The predicted molar refractivity (Wildman–Crippen MR) is 61.4 cm³/mol. The first-order valence-corrected chi connectivity index (χ1v) is 6.11. The second kappa shape index (κ2) is 4.53. The quantitative estimate of drug-likeness (QED) is 0.751. The molecular formula is C10H20N2OS. The number of hydrogen-bond donors (Lipinski definition) is 1. The maximum atomic E-state index is 11.8. The van der Waals surface area contributed by atoms with Gasteiger partial charge in [0.2, 0.25) is 5.91 Å². The monoisotopic (exact) mass is 216 g/mol. The van der Waals surface area contributed by atoms with Crippen molar-refractivity contribution in [1.29, 1.82) is 0 Å². The first-order valence-electron chi connectivity index (χ1n) is 5.07. The minimum Gasteiger partial charge on any atom is -0.341 e. The van der Waals surface area contributed by atoms with Crippen LogP contribution < -0.4 is 5.73 Å². The van der Waals surface area contributed by atoms with Gasteiger partial charge in [-0.1, -0.05) is 6.92 Å². The highest BCUT2D eigenvalue weighted by atomic mass is 32.2. The number of rotatable bonds is 2. The molecule has 1 aliphatic rings. The Bertz CT molecular complexity index is 213. The summed E-state index contributed by atoms with van der Waals surface area (Å²) in [6, 6.07) is 0. The van der Waals surface area contributed by atoms with E-state index in [1.54, 1.807) is 0 Å². The maximum Gasteiger partial charge on any atom is 0.224 e.